The highest BCUT2D eigenvalue weighted by Gasteiger charge is 1.97. The van der Waals surface area contributed by atoms with Gasteiger partial charge >= 0.3 is 0 Å². The number of nitrogens with zero attached hydrogens (tertiary/aromatic N) is 2. The molecule has 3 nitrogen and oxygen atoms in total. The molecule has 0 aliphatic heterocycles. The number of rotatable bonds is 1. The molecule has 0 radical (unpaired) electrons. The molecule has 0 unspecified atom stereocenters. The van der Waals surface area contributed by atoms with E-state index in [0.717, 1.165) is 0 Å². The summed E-state index contributed by atoms with van der Waals surface area (Å²) in [6.45, 7) is 0. The Morgan fingerprint density at radius 3 is 3.11 bits per heavy atom. The van der Waals surface area contributed by atoms with E-state index in [4.69, 9.17) is 15.7 Å². The first-order valence-corrected chi connectivity index (χ1v) is 2.52. The largest absolute Gasteiger partial charge is 0.479 e. The van der Waals surface area contributed by atoms with E-state index in [1.165, 1.54) is 12.4 Å². The molecule has 0 aromatic carbocycles. The molecule has 0 amide bonds. The fourth-order valence-corrected chi connectivity index (χ4v) is 0.520. The van der Waals surface area contributed by atoms with Crippen molar-refractivity contribution >= 4 is 11.6 Å². The van der Waals surface area contributed by atoms with Crippen molar-refractivity contribution in [2.75, 3.05) is 7.04 Å². The minimum absolute atomic E-state index is 0.0615. The van der Waals surface area contributed by atoms with Crippen molar-refractivity contribution in [3.8, 4) is 5.88 Å². The first-order chi connectivity index (χ1) is 5.49. The molecule has 0 fully saturated rings. The van der Waals surface area contributed by atoms with Crippen molar-refractivity contribution in [1.29, 1.82) is 0 Å². The fourth-order valence-electron chi connectivity index (χ4n) is 0.377. The minimum Gasteiger partial charge on any atom is -0.479 e. The van der Waals surface area contributed by atoms with Gasteiger partial charge in [-0.05, 0) is 0 Å². The van der Waals surface area contributed by atoms with Crippen LogP contribution in [0.4, 0.5) is 0 Å². The summed E-state index contributed by atoms with van der Waals surface area (Å²) in [4.78, 5) is 7.18. The normalized spacial score (nSPS) is 15.4. The molecule has 1 aromatic heterocycles. The van der Waals surface area contributed by atoms with E-state index in [2.05, 4.69) is 14.7 Å². The first kappa shape index (κ1) is 3.37. The summed E-state index contributed by atoms with van der Waals surface area (Å²) < 4.78 is 24.7. The van der Waals surface area contributed by atoms with E-state index in [0.29, 0.717) is 0 Å². The third-order valence-corrected chi connectivity index (χ3v) is 0.979. The maximum Gasteiger partial charge on any atom is 0.251 e. The van der Waals surface area contributed by atoms with Crippen molar-refractivity contribution in [1.82, 2.24) is 9.97 Å². The third kappa shape index (κ3) is 1.29. The van der Waals surface area contributed by atoms with Gasteiger partial charge in [-0.15, -0.1) is 0 Å². The van der Waals surface area contributed by atoms with Crippen LogP contribution in [0.3, 0.4) is 0 Å². The molecule has 0 aliphatic rings. The summed E-state index contributed by atoms with van der Waals surface area (Å²) >= 11 is 5.48. The highest BCUT2D eigenvalue weighted by molar-refractivity contribution is 6.30. The Morgan fingerprint density at radius 2 is 2.44 bits per heavy atom. The molecule has 1 rings (SSSR count). The number of ether oxygens (including phenoxy) is 1. The van der Waals surface area contributed by atoms with Gasteiger partial charge in [-0.2, -0.15) is 0 Å². The quantitative estimate of drug-likeness (QED) is 0.598. The number of hydrogen-bond donors (Lipinski definition) is 0. The molecule has 0 saturated carbocycles. The maximum absolute atomic E-state index is 6.75. The molecular weight excluding hydrogens is 140 g/mol. The van der Waals surface area contributed by atoms with E-state index in [9.17, 15) is 0 Å². The third-order valence-electron chi connectivity index (χ3n) is 0.719. The zero-order valence-corrected chi connectivity index (χ0v) is 5.09. The smallest absolute Gasteiger partial charge is 0.251 e. The average Bonchev–Trinajstić information content (AvgIpc) is 1.91. The van der Waals surface area contributed by atoms with Crippen LogP contribution in [0.2, 0.25) is 5.15 Å². The Kier molecular flexibility index (Phi) is 0.987. The summed E-state index contributed by atoms with van der Waals surface area (Å²) in [6.07, 6.45) is 2.64. The predicted molar refractivity (Wildman–Crippen MR) is 33.6 cm³/mol. The molecule has 0 spiro atoms. The van der Waals surface area contributed by atoms with Crippen LogP contribution in [0.15, 0.2) is 12.4 Å². The Bertz CT molecular complexity index is 278. The summed E-state index contributed by atoms with van der Waals surface area (Å²) in [5.74, 6) is -0.181. The lowest BCUT2D eigenvalue weighted by molar-refractivity contribution is 0.396. The van der Waals surface area contributed by atoms with E-state index >= 15 is 0 Å². The lowest BCUT2D eigenvalue weighted by atomic mass is 10.7. The van der Waals surface area contributed by atoms with Gasteiger partial charge in [-0.3, -0.25) is 0 Å². The lowest BCUT2D eigenvalue weighted by Gasteiger charge is -1.96. The summed E-state index contributed by atoms with van der Waals surface area (Å²) in [5, 5.41) is -0.0615. The zero-order chi connectivity index (χ0) is 9.19. The molecule has 0 bridgehead atoms. The van der Waals surface area contributed by atoms with Gasteiger partial charge in [0.25, 0.3) is 5.88 Å². The molecule has 1 aromatic rings. The van der Waals surface area contributed by atoms with Gasteiger partial charge in [-0.25, -0.2) is 9.97 Å². The number of aromatic nitrogens is 2. The van der Waals surface area contributed by atoms with Crippen molar-refractivity contribution in [3.63, 3.8) is 0 Å². The van der Waals surface area contributed by atoms with Crippen LogP contribution in [0.5, 0.6) is 5.88 Å². The monoisotopic (exact) mass is 147 g/mol. The topological polar surface area (TPSA) is 35.0 Å². The molecule has 0 N–H and O–H groups in total. The summed E-state index contributed by atoms with van der Waals surface area (Å²) in [5.41, 5.74) is 0. The summed E-state index contributed by atoms with van der Waals surface area (Å²) in [6, 6.07) is 0. The molecule has 0 aliphatic carbocycles. The van der Waals surface area contributed by atoms with Crippen molar-refractivity contribution in [2.24, 2.45) is 0 Å². The van der Waals surface area contributed by atoms with Crippen LogP contribution in [-0.2, 0) is 0 Å². The summed E-state index contributed by atoms with van der Waals surface area (Å²) in [7, 11) is -2.54. The van der Waals surface area contributed by atoms with E-state index in [1.807, 2.05) is 0 Å². The van der Waals surface area contributed by atoms with E-state index in [-0.39, 0.29) is 11.0 Å². The molecule has 9 heavy (non-hydrogen) atoms. The van der Waals surface area contributed by atoms with Gasteiger partial charge in [0.15, 0.2) is 5.15 Å². The molecule has 0 saturated heterocycles. The predicted octanol–water partition coefficient (Wildman–Crippen LogP) is 1.14. The molecular formula is C5H5ClN2O. The highest BCUT2D eigenvalue weighted by Crippen LogP contribution is 2.15. The molecule has 48 valence electrons. The first-order valence-electron chi connectivity index (χ1n) is 3.64. The van der Waals surface area contributed by atoms with Crippen LogP contribution in [0, 0.1) is 0 Å². The van der Waals surface area contributed by atoms with Gasteiger partial charge < -0.3 is 4.74 Å². The fraction of sp³-hybridized carbons (Fsp3) is 0.200. The van der Waals surface area contributed by atoms with Gasteiger partial charge in [0.2, 0.25) is 0 Å². The second kappa shape index (κ2) is 2.64. The average molecular weight is 148 g/mol. The van der Waals surface area contributed by atoms with Crippen molar-refractivity contribution in [2.45, 2.75) is 0 Å². The van der Waals surface area contributed by atoms with Crippen LogP contribution in [0.1, 0.15) is 4.11 Å². The van der Waals surface area contributed by atoms with Crippen LogP contribution in [-0.4, -0.2) is 17.0 Å². The zero-order valence-electron chi connectivity index (χ0n) is 7.34. The van der Waals surface area contributed by atoms with Crippen LogP contribution >= 0.6 is 11.6 Å². The van der Waals surface area contributed by atoms with E-state index < -0.39 is 7.04 Å². The Labute approximate surface area is 61.9 Å². The molecule has 4 heteroatoms. The Balaban J connectivity index is 2.83. The number of halogens is 1. The van der Waals surface area contributed by atoms with Gasteiger partial charge in [-0.1, -0.05) is 11.6 Å². The van der Waals surface area contributed by atoms with E-state index in [1.54, 1.807) is 0 Å². The Hall–Kier alpha value is -0.830. The van der Waals surface area contributed by atoms with Crippen molar-refractivity contribution < 1.29 is 8.85 Å². The second-order valence-corrected chi connectivity index (χ2v) is 1.61. The second-order valence-electron chi connectivity index (χ2n) is 1.25. The lowest BCUT2D eigenvalue weighted by Crippen LogP contribution is -1.88. The van der Waals surface area contributed by atoms with Crippen LogP contribution < -0.4 is 4.74 Å². The maximum atomic E-state index is 6.75. The molecule has 1 heterocycles. The number of methoxy groups -OCH3 is 1. The van der Waals surface area contributed by atoms with Gasteiger partial charge in [0, 0.05) is 12.4 Å². The van der Waals surface area contributed by atoms with Crippen molar-refractivity contribution in [3.05, 3.63) is 17.5 Å². The minimum atomic E-state index is -2.54. The van der Waals surface area contributed by atoms with Gasteiger partial charge in [0.05, 0.1) is 11.2 Å². The standard InChI is InChI=1S/C5H5ClN2O/c1-9-5-4(6)7-2-3-8-5/h2-3H,1H3/i1D3. The van der Waals surface area contributed by atoms with Crippen LogP contribution in [0.25, 0.3) is 0 Å². The highest BCUT2D eigenvalue weighted by atomic mass is 35.5. The Morgan fingerprint density at radius 1 is 1.67 bits per heavy atom. The SMILES string of the molecule is [2H]C([2H])([2H])Oc1nccnc1Cl. The number of hydrogen-bond acceptors (Lipinski definition) is 3. The van der Waals surface area contributed by atoms with Gasteiger partial charge in [0.1, 0.15) is 0 Å². The molecule has 0 atom stereocenters.